The molecular formula is C14H27N3O. The molecule has 1 amide bonds. The average Bonchev–Trinajstić information content (AvgIpc) is 3.20. The van der Waals surface area contributed by atoms with Crippen molar-refractivity contribution in [2.45, 2.75) is 51.6 Å². The molecule has 1 heterocycles. The standard InChI is InChI=1S/C14H27N3O/c1-3-15-14(18)11(2)17-8-4-5-12(10-17)9-16-13-6-7-13/h11-13,16H,3-10H2,1-2H3,(H,15,18). The zero-order chi connectivity index (χ0) is 13.0. The third-order valence-electron chi connectivity index (χ3n) is 4.10. The van der Waals surface area contributed by atoms with Crippen molar-refractivity contribution >= 4 is 5.91 Å². The maximum absolute atomic E-state index is 11.9. The van der Waals surface area contributed by atoms with E-state index in [9.17, 15) is 4.79 Å². The molecule has 0 aromatic carbocycles. The van der Waals surface area contributed by atoms with Crippen LogP contribution in [0.1, 0.15) is 39.5 Å². The Kier molecular flexibility index (Phi) is 5.01. The SMILES string of the molecule is CCNC(=O)C(C)N1CCCC(CNC2CC2)C1. The van der Waals surface area contributed by atoms with Crippen LogP contribution in [-0.2, 0) is 4.79 Å². The van der Waals surface area contributed by atoms with Crippen molar-refractivity contribution in [3.63, 3.8) is 0 Å². The Morgan fingerprint density at radius 2 is 2.17 bits per heavy atom. The van der Waals surface area contributed by atoms with Crippen molar-refractivity contribution in [1.82, 2.24) is 15.5 Å². The summed E-state index contributed by atoms with van der Waals surface area (Å²) in [6, 6.07) is 0.815. The molecule has 18 heavy (non-hydrogen) atoms. The smallest absolute Gasteiger partial charge is 0.237 e. The van der Waals surface area contributed by atoms with Crippen molar-refractivity contribution in [3.8, 4) is 0 Å². The van der Waals surface area contributed by atoms with Crippen molar-refractivity contribution in [2.24, 2.45) is 5.92 Å². The number of carbonyl (C=O) groups excluding carboxylic acids is 1. The Hall–Kier alpha value is -0.610. The van der Waals surface area contributed by atoms with Gasteiger partial charge < -0.3 is 10.6 Å². The normalized spacial score (nSPS) is 26.9. The van der Waals surface area contributed by atoms with Crippen LogP contribution in [0.25, 0.3) is 0 Å². The first kappa shape index (κ1) is 13.8. The Bertz CT molecular complexity index is 278. The van der Waals surface area contributed by atoms with E-state index in [2.05, 4.69) is 15.5 Å². The number of nitrogens with one attached hydrogen (secondary N) is 2. The summed E-state index contributed by atoms with van der Waals surface area (Å²) in [5.41, 5.74) is 0. The molecule has 4 nitrogen and oxygen atoms in total. The lowest BCUT2D eigenvalue weighted by molar-refractivity contribution is -0.126. The fraction of sp³-hybridized carbons (Fsp3) is 0.929. The number of likely N-dealkylation sites (tertiary alicyclic amines) is 1. The summed E-state index contributed by atoms with van der Waals surface area (Å²) in [6.07, 6.45) is 5.23. The zero-order valence-electron chi connectivity index (χ0n) is 11.7. The first-order valence-corrected chi connectivity index (χ1v) is 7.45. The van der Waals surface area contributed by atoms with Gasteiger partial charge in [-0.05, 0) is 58.5 Å². The second kappa shape index (κ2) is 6.53. The molecule has 2 rings (SSSR count). The van der Waals surface area contributed by atoms with E-state index in [1.807, 2.05) is 13.8 Å². The van der Waals surface area contributed by atoms with Gasteiger partial charge in [-0.15, -0.1) is 0 Å². The van der Waals surface area contributed by atoms with Gasteiger partial charge in [-0.3, -0.25) is 9.69 Å². The van der Waals surface area contributed by atoms with Crippen LogP contribution in [0.15, 0.2) is 0 Å². The predicted octanol–water partition coefficient (Wildman–Crippen LogP) is 0.975. The molecule has 2 N–H and O–H groups in total. The number of likely N-dealkylation sites (N-methyl/N-ethyl adjacent to an activating group) is 1. The van der Waals surface area contributed by atoms with Crippen LogP contribution in [0.4, 0.5) is 0 Å². The minimum Gasteiger partial charge on any atom is -0.355 e. The molecule has 0 aromatic heterocycles. The van der Waals surface area contributed by atoms with Gasteiger partial charge in [-0.25, -0.2) is 0 Å². The van der Waals surface area contributed by atoms with Crippen molar-refractivity contribution in [3.05, 3.63) is 0 Å². The van der Waals surface area contributed by atoms with Gasteiger partial charge in [0.2, 0.25) is 5.91 Å². The number of amides is 1. The lowest BCUT2D eigenvalue weighted by Crippen LogP contribution is -2.50. The van der Waals surface area contributed by atoms with Crippen LogP contribution in [-0.4, -0.2) is 49.1 Å². The minimum atomic E-state index is 0.0219. The molecule has 2 atom stereocenters. The third-order valence-corrected chi connectivity index (χ3v) is 4.10. The van der Waals surface area contributed by atoms with Crippen molar-refractivity contribution < 1.29 is 4.79 Å². The molecule has 2 fully saturated rings. The molecule has 1 saturated carbocycles. The molecule has 1 aliphatic carbocycles. The Balaban J connectivity index is 1.75. The zero-order valence-corrected chi connectivity index (χ0v) is 11.7. The summed E-state index contributed by atoms with van der Waals surface area (Å²) in [6.45, 7) is 7.99. The van der Waals surface area contributed by atoms with Crippen LogP contribution in [0, 0.1) is 5.92 Å². The summed E-state index contributed by atoms with van der Waals surface area (Å²) in [4.78, 5) is 14.2. The molecule has 0 aromatic rings. The topological polar surface area (TPSA) is 44.4 Å². The highest BCUT2D eigenvalue weighted by Crippen LogP contribution is 2.22. The number of rotatable bonds is 6. The highest BCUT2D eigenvalue weighted by atomic mass is 16.2. The van der Waals surface area contributed by atoms with Crippen molar-refractivity contribution in [1.29, 1.82) is 0 Å². The largest absolute Gasteiger partial charge is 0.355 e. The number of hydrogen-bond donors (Lipinski definition) is 2. The molecule has 1 aliphatic heterocycles. The number of piperidine rings is 1. The van der Waals surface area contributed by atoms with Gasteiger partial charge in [0.25, 0.3) is 0 Å². The van der Waals surface area contributed by atoms with Gasteiger partial charge in [-0.1, -0.05) is 0 Å². The summed E-state index contributed by atoms with van der Waals surface area (Å²) in [5.74, 6) is 0.893. The molecular weight excluding hydrogens is 226 g/mol. The third kappa shape index (κ3) is 3.95. The summed E-state index contributed by atoms with van der Waals surface area (Å²) < 4.78 is 0. The molecule has 104 valence electrons. The molecule has 0 spiro atoms. The fourth-order valence-corrected chi connectivity index (χ4v) is 2.72. The van der Waals surface area contributed by atoms with Crippen LogP contribution in [0.5, 0.6) is 0 Å². The van der Waals surface area contributed by atoms with Crippen LogP contribution < -0.4 is 10.6 Å². The van der Waals surface area contributed by atoms with Crippen molar-refractivity contribution in [2.75, 3.05) is 26.2 Å². The molecule has 2 aliphatic rings. The monoisotopic (exact) mass is 253 g/mol. The predicted molar refractivity (Wildman–Crippen MR) is 73.5 cm³/mol. The van der Waals surface area contributed by atoms with Gasteiger partial charge in [0.05, 0.1) is 6.04 Å². The molecule has 0 bridgehead atoms. The van der Waals surface area contributed by atoms with Crippen LogP contribution in [0.3, 0.4) is 0 Å². The van der Waals surface area contributed by atoms with Gasteiger partial charge >= 0.3 is 0 Å². The second-order valence-electron chi connectivity index (χ2n) is 5.76. The molecule has 4 heteroatoms. The molecule has 0 radical (unpaired) electrons. The van der Waals surface area contributed by atoms with Gasteiger partial charge in [0.15, 0.2) is 0 Å². The lowest BCUT2D eigenvalue weighted by atomic mass is 9.96. The van der Waals surface area contributed by atoms with Gasteiger partial charge in [0.1, 0.15) is 0 Å². The summed E-state index contributed by atoms with van der Waals surface area (Å²) >= 11 is 0. The minimum absolute atomic E-state index is 0.0219. The fourth-order valence-electron chi connectivity index (χ4n) is 2.72. The van der Waals surface area contributed by atoms with E-state index in [4.69, 9.17) is 0 Å². The Morgan fingerprint density at radius 3 is 2.83 bits per heavy atom. The second-order valence-corrected chi connectivity index (χ2v) is 5.76. The quantitative estimate of drug-likeness (QED) is 0.741. The van der Waals surface area contributed by atoms with E-state index in [0.717, 1.165) is 38.1 Å². The van der Waals surface area contributed by atoms with E-state index >= 15 is 0 Å². The first-order chi connectivity index (χ1) is 8.70. The maximum atomic E-state index is 11.9. The number of nitrogens with zero attached hydrogens (tertiary/aromatic N) is 1. The van der Waals surface area contributed by atoms with E-state index in [1.54, 1.807) is 0 Å². The Labute approximate surface area is 110 Å². The maximum Gasteiger partial charge on any atom is 0.237 e. The highest BCUT2D eigenvalue weighted by Gasteiger charge is 2.28. The Morgan fingerprint density at radius 1 is 1.39 bits per heavy atom. The lowest BCUT2D eigenvalue weighted by Gasteiger charge is -2.36. The first-order valence-electron chi connectivity index (χ1n) is 7.45. The van der Waals surface area contributed by atoms with E-state index in [0.29, 0.717) is 0 Å². The summed E-state index contributed by atoms with van der Waals surface area (Å²) in [5, 5.41) is 6.53. The molecule has 2 unspecified atom stereocenters. The number of carbonyl (C=O) groups is 1. The van der Waals surface area contributed by atoms with Gasteiger partial charge in [0, 0.05) is 19.1 Å². The van der Waals surface area contributed by atoms with Gasteiger partial charge in [-0.2, -0.15) is 0 Å². The van der Waals surface area contributed by atoms with Crippen LogP contribution >= 0.6 is 0 Å². The van der Waals surface area contributed by atoms with Crippen LogP contribution in [0.2, 0.25) is 0 Å². The average molecular weight is 253 g/mol. The summed E-state index contributed by atoms with van der Waals surface area (Å²) in [7, 11) is 0. The van der Waals surface area contributed by atoms with E-state index in [-0.39, 0.29) is 11.9 Å². The highest BCUT2D eigenvalue weighted by molar-refractivity contribution is 5.81. The van der Waals surface area contributed by atoms with E-state index in [1.165, 1.54) is 25.7 Å². The van der Waals surface area contributed by atoms with E-state index < -0.39 is 0 Å². The molecule has 1 saturated heterocycles. The number of hydrogen-bond acceptors (Lipinski definition) is 3.